The highest BCUT2D eigenvalue weighted by atomic mass is 16.5. The number of amides is 1. The van der Waals surface area contributed by atoms with Crippen LogP contribution in [0.1, 0.15) is 41.5 Å². The van der Waals surface area contributed by atoms with Gasteiger partial charge in [0, 0.05) is 17.8 Å². The first-order chi connectivity index (χ1) is 10.1. The Morgan fingerprint density at radius 2 is 2.19 bits per heavy atom. The monoisotopic (exact) mass is 285 g/mol. The molecular formula is C16H19N3O2. The predicted octanol–water partition coefficient (Wildman–Crippen LogP) is 2.68. The Morgan fingerprint density at radius 3 is 2.90 bits per heavy atom. The molecule has 0 saturated carbocycles. The fourth-order valence-electron chi connectivity index (χ4n) is 3.01. The number of hydrogen-bond acceptors (Lipinski definition) is 4. The minimum Gasteiger partial charge on any atom is -0.384 e. The molecular weight excluding hydrogens is 266 g/mol. The summed E-state index contributed by atoms with van der Waals surface area (Å²) in [5, 5.41) is 10.3. The van der Waals surface area contributed by atoms with E-state index >= 15 is 0 Å². The van der Waals surface area contributed by atoms with Crippen LogP contribution in [0.5, 0.6) is 0 Å². The van der Waals surface area contributed by atoms with Crippen LogP contribution in [0, 0.1) is 13.8 Å². The predicted molar refractivity (Wildman–Crippen MR) is 80.2 cm³/mol. The first kappa shape index (κ1) is 13.7. The van der Waals surface area contributed by atoms with Crippen molar-refractivity contribution >= 4 is 11.6 Å². The number of anilines is 1. The van der Waals surface area contributed by atoms with E-state index in [1.165, 1.54) is 0 Å². The second-order valence-corrected chi connectivity index (χ2v) is 5.49. The SMILES string of the molecule is Cc1noc(C)c1C(C)NC(=O)C1CNc2ccccc21. The quantitative estimate of drug-likeness (QED) is 0.910. The van der Waals surface area contributed by atoms with Gasteiger partial charge in [0.1, 0.15) is 5.76 Å². The fourth-order valence-corrected chi connectivity index (χ4v) is 3.01. The molecule has 2 N–H and O–H groups in total. The van der Waals surface area contributed by atoms with Gasteiger partial charge in [-0.25, -0.2) is 0 Å². The molecule has 1 amide bonds. The van der Waals surface area contributed by atoms with E-state index in [-0.39, 0.29) is 17.9 Å². The summed E-state index contributed by atoms with van der Waals surface area (Å²) in [5.74, 6) is 0.634. The number of aryl methyl sites for hydroxylation is 2. The zero-order chi connectivity index (χ0) is 15.0. The Bertz CT molecular complexity index is 658. The average molecular weight is 285 g/mol. The van der Waals surface area contributed by atoms with Gasteiger partial charge in [0.05, 0.1) is 17.7 Å². The highest BCUT2D eigenvalue weighted by Crippen LogP contribution is 2.32. The first-order valence-electron chi connectivity index (χ1n) is 7.14. The van der Waals surface area contributed by atoms with E-state index < -0.39 is 0 Å². The third-order valence-corrected chi connectivity index (χ3v) is 4.03. The number of carbonyl (C=O) groups is 1. The van der Waals surface area contributed by atoms with Crippen LogP contribution in [0.2, 0.25) is 0 Å². The smallest absolute Gasteiger partial charge is 0.229 e. The van der Waals surface area contributed by atoms with Crippen LogP contribution in [0.4, 0.5) is 5.69 Å². The van der Waals surface area contributed by atoms with Crippen LogP contribution in [-0.2, 0) is 4.79 Å². The summed E-state index contributed by atoms with van der Waals surface area (Å²) >= 11 is 0. The highest BCUT2D eigenvalue weighted by molar-refractivity contribution is 5.88. The summed E-state index contributed by atoms with van der Waals surface area (Å²) in [6.45, 7) is 6.35. The summed E-state index contributed by atoms with van der Waals surface area (Å²) in [4.78, 5) is 12.5. The number of nitrogens with zero attached hydrogens (tertiary/aromatic N) is 1. The molecule has 1 aromatic heterocycles. The summed E-state index contributed by atoms with van der Waals surface area (Å²) in [6, 6.07) is 7.82. The van der Waals surface area contributed by atoms with Gasteiger partial charge in [-0.3, -0.25) is 4.79 Å². The molecule has 110 valence electrons. The van der Waals surface area contributed by atoms with Gasteiger partial charge in [-0.1, -0.05) is 23.4 Å². The number of benzene rings is 1. The van der Waals surface area contributed by atoms with E-state index in [0.717, 1.165) is 28.3 Å². The fraction of sp³-hybridized carbons (Fsp3) is 0.375. The Labute approximate surface area is 123 Å². The van der Waals surface area contributed by atoms with Crippen LogP contribution in [0.15, 0.2) is 28.8 Å². The van der Waals surface area contributed by atoms with Crippen LogP contribution in [0.25, 0.3) is 0 Å². The molecule has 2 aromatic rings. The van der Waals surface area contributed by atoms with Crippen molar-refractivity contribution in [3.8, 4) is 0 Å². The molecule has 0 radical (unpaired) electrons. The third-order valence-electron chi connectivity index (χ3n) is 4.03. The van der Waals surface area contributed by atoms with Crippen molar-refractivity contribution < 1.29 is 9.32 Å². The molecule has 0 fully saturated rings. The van der Waals surface area contributed by atoms with E-state index in [1.807, 2.05) is 45.0 Å². The lowest BCUT2D eigenvalue weighted by Crippen LogP contribution is -2.32. The van der Waals surface area contributed by atoms with E-state index in [0.29, 0.717) is 6.54 Å². The minimum atomic E-state index is -0.149. The van der Waals surface area contributed by atoms with Crippen molar-refractivity contribution in [2.24, 2.45) is 0 Å². The van der Waals surface area contributed by atoms with Gasteiger partial charge in [0.25, 0.3) is 0 Å². The molecule has 0 aliphatic carbocycles. The maximum absolute atomic E-state index is 12.5. The summed E-state index contributed by atoms with van der Waals surface area (Å²) in [5.41, 5.74) is 3.89. The molecule has 1 aliphatic rings. The molecule has 2 heterocycles. The van der Waals surface area contributed by atoms with Gasteiger partial charge >= 0.3 is 0 Å². The number of fused-ring (bicyclic) bond motifs is 1. The Hall–Kier alpha value is -2.30. The van der Waals surface area contributed by atoms with Crippen molar-refractivity contribution in [2.45, 2.75) is 32.7 Å². The van der Waals surface area contributed by atoms with E-state index in [1.54, 1.807) is 0 Å². The summed E-state index contributed by atoms with van der Waals surface area (Å²) in [6.07, 6.45) is 0. The molecule has 2 atom stereocenters. The molecule has 5 heteroatoms. The molecule has 0 saturated heterocycles. The first-order valence-corrected chi connectivity index (χ1v) is 7.14. The zero-order valence-corrected chi connectivity index (χ0v) is 12.4. The Balaban J connectivity index is 1.76. The molecule has 0 bridgehead atoms. The van der Waals surface area contributed by atoms with Crippen molar-refractivity contribution in [1.82, 2.24) is 10.5 Å². The second kappa shape index (κ2) is 5.24. The average Bonchev–Trinajstić information content (AvgIpc) is 3.02. The van der Waals surface area contributed by atoms with E-state index in [4.69, 9.17) is 4.52 Å². The van der Waals surface area contributed by atoms with E-state index in [2.05, 4.69) is 15.8 Å². The normalized spacial score (nSPS) is 18.0. The molecule has 21 heavy (non-hydrogen) atoms. The van der Waals surface area contributed by atoms with Crippen LogP contribution < -0.4 is 10.6 Å². The van der Waals surface area contributed by atoms with Crippen molar-refractivity contribution in [1.29, 1.82) is 0 Å². The Kier molecular flexibility index (Phi) is 3.41. The third kappa shape index (κ3) is 2.39. The molecule has 3 rings (SSSR count). The number of nitrogens with one attached hydrogen (secondary N) is 2. The van der Waals surface area contributed by atoms with Crippen LogP contribution >= 0.6 is 0 Å². The lowest BCUT2D eigenvalue weighted by molar-refractivity contribution is -0.122. The number of rotatable bonds is 3. The van der Waals surface area contributed by atoms with Crippen molar-refractivity contribution in [3.05, 3.63) is 46.8 Å². The maximum atomic E-state index is 12.5. The number of hydrogen-bond donors (Lipinski definition) is 2. The van der Waals surface area contributed by atoms with Crippen molar-refractivity contribution in [2.75, 3.05) is 11.9 Å². The minimum absolute atomic E-state index is 0.0277. The van der Waals surface area contributed by atoms with Gasteiger partial charge in [0.15, 0.2) is 0 Å². The lowest BCUT2D eigenvalue weighted by Gasteiger charge is -2.17. The van der Waals surface area contributed by atoms with E-state index in [9.17, 15) is 4.79 Å². The van der Waals surface area contributed by atoms with Gasteiger partial charge in [0.2, 0.25) is 5.91 Å². The molecule has 1 aromatic carbocycles. The summed E-state index contributed by atoms with van der Waals surface area (Å²) < 4.78 is 5.17. The molecule has 0 spiro atoms. The van der Waals surface area contributed by atoms with Crippen LogP contribution in [-0.4, -0.2) is 17.6 Å². The Morgan fingerprint density at radius 1 is 1.43 bits per heavy atom. The number of carbonyl (C=O) groups excluding carboxylic acids is 1. The molecule has 5 nitrogen and oxygen atoms in total. The van der Waals surface area contributed by atoms with Crippen molar-refractivity contribution in [3.63, 3.8) is 0 Å². The second-order valence-electron chi connectivity index (χ2n) is 5.49. The van der Waals surface area contributed by atoms with Gasteiger partial charge in [-0.15, -0.1) is 0 Å². The lowest BCUT2D eigenvalue weighted by atomic mass is 9.99. The maximum Gasteiger partial charge on any atom is 0.229 e. The number of aromatic nitrogens is 1. The zero-order valence-electron chi connectivity index (χ0n) is 12.4. The van der Waals surface area contributed by atoms with Gasteiger partial charge in [-0.05, 0) is 32.4 Å². The van der Waals surface area contributed by atoms with Crippen LogP contribution in [0.3, 0.4) is 0 Å². The standard InChI is InChI=1S/C16H19N3O2/c1-9(15-10(2)19-21-11(15)3)18-16(20)13-8-17-14-7-5-4-6-12(13)14/h4-7,9,13,17H,8H2,1-3H3,(H,18,20). The number of para-hydroxylation sites is 1. The van der Waals surface area contributed by atoms with Gasteiger partial charge in [-0.2, -0.15) is 0 Å². The molecule has 2 unspecified atom stereocenters. The largest absolute Gasteiger partial charge is 0.384 e. The highest BCUT2D eigenvalue weighted by Gasteiger charge is 2.29. The topological polar surface area (TPSA) is 67.2 Å². The summed E-state index contributed by atoms with van der Waals surface area (Å²) in [7, 11) is 0. The molecule has 1 aliphatic heterocycles. The van der Waals surface area contributed by atoms with Gasteiger partial charge < -0.3 is 15.2 Å².